The van der Waals surface area contributed by atoms with E-state index in [0.717, 1.165) is 12.1 Å². The smallest absolute Gasteiger partial charge is 0.423 e. The van der Waals surface area contributed by atoms with Crippen molar-refractivity contribution in [1.29, 1.82) is 0 Å². The zero-order valence-electron chi connectivity index (χ0n) is 10.1. The molecule has 1 aromatic heterocycles. The van der Waals surface area contributed by atoms with E-state index in [2.05, 4.69) is 9.97 Å². The van der Waals surface area contributed by atoms with Crippen molar-refractivity contribution in [1.82, 2.24) is 9.97 Å². The minimum Gasteiger partial charge on any atom is -0.423 e. The van der Waals surface area contributed by atoms with Gasteiger partial charge >= 0.3 is 7.12 Å². The third-order valence-corrected chi connectivity index (χ3v) is 3.02. The van der Waals surface area contributed by atoms with Crippen molar-refractivity contribution in [2.45, 2.75) is 0 Å². The quantitative estimate of drug-likeness (QED) is 0.615. The van der Waals surface area contributed by atoms with Crippen LogP contribution >= 0.6 is 0 Å². The van der Waals surface area contributed by atoms with E-state index in [1.165, 1.54) is 0 Å². The van der Waals surface area contributed by atoms with Gasteiger partial charge in [-0.2, -0.15) is 0 Å². The molecule has 7 heteroatoms. The second-order valence-electron chi connectivity index (χ2n) is 4.33. The maximum atomic E-state index is 13.4. The highest BCUT2D eigenvalue weighted by Crippen LogP contribution is 2.21. The van der Waals surface area contributed by atoms with E-state index in [4.69, 9.17) is 0 Å². The number of fused-ring (bicyclic) bond motifs is 1. The first kappa shape index (κ1) is 12.8. The first-order valence-corrected chi connectivity index (χ1v) is 5.86. The van der Waals surface area contributed by atoms with Gasteiger partial charge in [0.1, 0.15) is 5.82 Å². The Kier molecular flexibility index (Phi) is 3.00. The average Bonchev–Trinajstić information content (AvgIpc) is 2.84. The molecule has 0 aliphatic rings. The highest BCUT2D eigenvalue weighted by molar-refractivity contribution is 6.60. The Bertz CT molecular complexity index is 756. The normalized spacial score (nSPS) is 11.0. The molecule has 20 heavy (non-hydrogen) atoms. The zero-order chi connectivity index (χ0) is 14.3. The molecule has 0 unspecified atom stereocenters. The molecule has 1 heterocycles. The highest BCUT2D eigenvalue weighted by Gasteiger charge is 2.22. The van der Waals surface area contributed by atoms with Crippen LogP contribution in [-0.4, -0.2) is 27.1 Å². The topological polar surface area (TPSA) is 69.1 Å². The van der Waals surface area contributed by atoms with Crippen molar-refractivity contribution in [2.75, 3.05) is 0 Å². The molecule has 0 aliphatic carbocycles. The largest absolute Gasteiger partial charge is 0.489 e. The van der Waals surface area contributed by atoms with Gasteiger partial charge in [-0.25, -0.2) is 13.8 Å². The maximum absolute atomic E-state index is 13.4. The van der Waals surface area contributed by atoms with Crippen LogP contribution in [0.25, 0.3) is 22.4 Å². The van der Waals surface area contributed by atoms with E-state index in [1.54, 1.807) is 24.3 Å². The van der Waals surface area contributed by atoms with E-state index < -0.39 is 18.8 Å². The fourth-order valence-corrected chi connectivity index (χ4v) is 2.06. The summed E-state index contributed by atoms with van der Waals surface area (Å²) >= 11 is 0. The standard InChI is InChI=1S/C13H9BF2N2O2/c15-9-5-7(8(14(19)20)6-10(9)16)13-17-11-3-1-2-4-12(11)18-13/h1-6,19-20H,(H,17,18). The molecule has 4 nitrogen and oxygen atoms in total. The lowest BCUT2D eigenvalue weighted by Gasteiger charge is -2.07. The molecule has 0 spiro atoms. The Labute approximate surface area is 112 Å². The van der Waals surface area contributed by atoms with Crippen LogP contribution in [0.1, 0.15) is 0 Å². The molecule has 0 saturated carbocycles. The van der Waals surface area contributed by atoms with Crippen molar-refractivity contribution in [2.24, 2.45) is 0 Å². The Morgan fingerprint density at radius 3 is 2.45 bits per heavy atom. The Morgan fingerprint density at radius 2 is 1.75 bits per heavy atom. The van der Waals surface area contributed by atoms with Gasteiger partial charge in [0.25, 0.3) is 0 Å². The van der Waals surface area contributed by atoms with E-state index in [0.29, 0.717) is 11.0 Å². The number of aromatic nitrogens is 2. The molecule has 0 saturated heterocycles. The van der Waals surface area contributed by atoms with Gasteiger partial charge in [-0.05, 0) is 29.7 Å². The van der Waals surface area contributed by atoms with E-state index in [-0.39, 0.29) is 16.9 Å². The molecule has 0 atom stereocenters. The van der Waals surface area contributed by atoms with Crippen LogP contribution in [0.3, 0.4) is 0 Å². The summed E-state index contributed by atoms with van der Waals surface area (Å²) in [5.74, 6) is -1.98. The third-order valence-electron chi connectivity index (χ3n) is 3.02. The Morgan fingerprint density at radius 1 is 1.05 bits per heavy atom. The van der Waals surface area contributed by atoms with E-state index in [1.807, 2.05) is 0 Å². The summed E-state index contributed by atoms with van der Waals surface area (Å²) in [6.45, 7) is 0. The van der Waals surface area contributed by atoms with Gasteiger partial charge in [0.15, 0.2) is 11.6 Å². The second-order valence-corrected chi connectivity index (χ2v) is 4.33. The summed E-state index contributed by atoms with van der Waals surface area (Å²) in [5, 5.41) is 18.6. The number of hydrogen-bond donors (Lipinski definition) is 3. The van der Waals surface area contributed by atoms with Gasteiger partial charge in [-0.1, -0.05) is 12.1 Å². The van der Waals surface area contributed by atoms with Crippen molar-refractivity contribution >= 4 is 23.6 Å². The minimum atomic E-state index is -1.92. The van der Waals surface area contributed by atoms with Crippen molar-refractivity contribution in [3.05, 3.63) is 48.0 Å². The lowest BCUT2D eigenvalue weighted by Crippen LogP contribution is -2.32. The van der Waals surface area contributed by atoms with Gasteiger partial charge < -0.3 is 15.0 Å². The average molecular weight is 274 g/mol. The molecule has 3 aromatic rings. The molecular formula is C13H9BF2N2O2. The number of halogens is 2. The zero-order valence-corrected chi connectivity index (χ0v) is 10.1. The van der Waals surface area contributed by atoms with Crippen LogP contribution in [-0.2, 0) is 0 Å². The van der Waals surface area contributed by atoms with Crippen LogP contribution < -0.4 is 5.46 Å². The number of benzene rings is 2. The van der Waals surface area contributed by atoms with Crippen LogP contribution in [0.15, 0.2) is 36.4 Å². The third kappa shape index (κ3) is 2.07. The number of H-pyrrole nitrogens is 1. The highest BCUT2D eigenvalue weighted by atomic mass is 19.2. The summed E-state index contributed by atoms with van der Waals surface area (Å²) in [7, 11) is -1.92. The number of nitrogens with one attached hydrogen (secondary N) is 1. The summed E-state index contributed by atoms with van der Waals surface area (Å²) < 4.78 is 26.6. The SMILES string of the molecule is OB(O)c1cc(F)c(F)cc1-c1nc2ccccc2[nH]1. The number of hydrogen-bond acceptors (Lipinski definition) is 3. The van der Waals surface area contributed by atoms with Gasteiger partial charge in [0.2, 0.25) is 0 Å². The fourth-order valence-electron chi connectivity index (χ4n) is 2.06. The Balaban J connectivity index is 2.24. The van der Waals surface area contributed by atoms with Crippen LogP contribution in [0.2, 0.25) is 0 Å². The monoisotopic (exact) mass is 274 g/mol. The Hall–Kier alpha value is -2.25. The summed E-state index contributed by atoms with van der Waals surface area (Å²) in [5.41, 5.74) is 1.31. The second kappa shape index (κ2) is 4.70. The van der Waals surface area contributed by atoms with Gasteiger partial charge in [0.05, 0.1) is 11.0 Å². The van der Waals surface area contributed by atoms with Gasteiger partial charge in [-0.15, -0.1) is 0 Å². The molecule has 3 N–H and O–H groups in total. The van der Waals surface area contributed by atoms with Crippen molar-refractivity contribution in [3.8, 4) is 11.4 Å². The van der Waals surface area contributed by atoms with E-state index in [9.17, 15) is 18.8 Å². The number of aromatic amines is 1. The molecule has 2 aromatic carbocycles. The predicted molar refractivity (Wildman–Crippen MR) is 71.3 cm³/mol. The molecule has 0 bridgehead atoms. The first-order chi connectivity index (χ1) is 9.56. The summed E-state index contributed by atoms with van der Waals surface area (Å²) in [4.78, 5) is 7.16. The number of nitrogens with zero attached hydrogens (tertiary/aromatic N) is 1. The lowest BCUT2D eigenvalue weighted by atomic mass is 9.76. The molecular weight excluding hydrogens is 265 g/mol. The number of rotatable bonds is 2. The molecule has 0 fully saturated rings. The molecule has 3 rings (SSSR count). The lowest BCUT2D eigenvalue weighted by molar-refractivity contribution is 0.425. The fraction of sp³-hybridized carbons (Fsp3) is 0. The van der Waals surface area contributed by atoms with Gasteiger partial charge in [-0.3, -0.25) is 0 Å². The summed E-state index contributed by atoms with van der Waals surface area (Å²) in [6, 6.07) is 8.77. The molecule has 0 aliphatic heterocycles. The van der Waals surface area contributed by atoms with E-state index >= 15 is 0 Å². The van der Waals surface area contributed by atoms with Crippen LogP contribution in [0, 0.1) is 11.6 Å². The van der Waals surface area contributed by atoms with Gasteiger partial charge in [0, 0.05) is 5.56 Å². The number of para-hydroxylation sites is 2. The predicted octanol–water partition coefficient (Wildman–Crippen LogP) is 1.19. The maximum Gasteiger partial charge on any atom is 0.489 e. The van der Waals surface area contributed by atoms with Crippen LogP contribution in [0.4, 0.5) is 8.78 Å². The molecule has 0 amide bonds. The molecule has 0 radical (unpaired) electrons. The number of imidazole rings is 1. The van der Waals surface area contributed by atoms with Crippen molar-refractivity contribution < 1.29 is 18.8 Å². The minimum absolute atomic E-state index is 0.107. The summed E-state index contributed by atoms with van der Waals surface area (Å²) in [6.07, 6.45) is 0. The van der Waals surface area contributed by atoms with Crippen molar-refractivity contribution in [3.63, 3.8) is 0 Å². The first-order valence-electron chi connectivity index (χ1n) is 5.86. The van der Waals surface area contributed by atoms with Crippen LogP contribution in [0.5, 0.6) is 0 Å². The molecule has 100 valence electrons.